The third-order valence-electron chi connectivity index (χ3n) is 6.13. The van der Waals surface area contributed by atoms with Crippen LogP contribution in [0.5, 0.6) is 0 Å². The van der Waals surface area contributed by atoms with Gasteiger partial charge >= 0.3 is 17.9 Å². The summed E-state index contributed by atoms with van der Waals surface area (Å²) in [6.45, 7) is 8.96. The number of cyclic esters (lactones) is 1. The zero-order valence-electron chi connectivity index (χ0n) is 20.5. The van der Waals surface area contributed by atoms with Crippen molar-refractivity contribution in [2.45, 2.75) is 110 Å². The summed E-state index contributed by atoms with van der Waals surface area (Å²) in [5, 5.41) is 32.0. The van der Waals surface area contributed by atoms with Crippen molar-refractivity contribution in [2.24, 2.45) is 11.8 Å². The molecular weight excluding hydrogens is 432 g/mol. The molecule has 190 valence electrons. The first-order chi connectivity index (χ1) is 15.3. The molecule has 0 saturated carbocycles. The lowest BCUT2D eigenvalue weighted by molar-refractivity contribution is -0.198. The molecule has 0 amide bonds. The molecule has 8 atom stereocenters. The maximum Gasteiger partial charge on any atom is 0.330 e. The Bertz CT molecular complexity index is 687. The molecule has 9 heteroatoms. The Labute approximate surface area is 196 Å². The average molecular weight is 473 g/mol. The molecule has 8 unspecified atom stereocenters. The summed E-state index contributed by atoms with van der Waals surface area (Å²) >= 11 is 0. The minimum absolute atomic E-state index is 0.522. The first kappa shape index (κ1) is 29.1. The molecule has 0 aliphatic carbocycles. The van der Waals surface area contributed by atoms with Gasteiger partial charge < -0.3 is 29.5 Å². The van der Waals surface area contributed by atoms with Crippen LogP contribution in [0, 0.1) is 11.8 Å². The lowest BCUT2D eigenvalue weighted by atomic mass is 9.78. The molecule has 0 aromatic rings. The van der Waals surface area contributed by atoms with Crippen LogP contribution in [0.4, 0.5) is 0 Å². The number of esters is 3. The van der Waals surface area contributed by atoms with Crippen molar-refractivity contribution in [3.63, 3.8) is 0 Å². The first-order valence-corrected chi connectivity index (χ1v) is 11.7. The van der Waals surface area contributed by atoms with Gasteiger partial charge in [-0.2, -0.15) is 0 Å². The lowest BCUT2D eigenvalue weighted by Gasteiger charge is -2.40. The number of rotatable bonds is 9. The van der Waals surface area contributed by atoms with Gasteiger partial charge in [-0.25, -0.2) is 4.79 Å². The molecule has 1 rings (SSSR count). The van der Waals surface area contributed by atoms with Crippen molar-refractivity contribution in [1.29, 1.82) is 0 Å². The van der Waals surface area contributed by atoms with Crippen LogP contribution in [0.15, 0.2) is 12.2 Å². The lowest BCUT2D eigenvalue weighted by Crippen LogP contribution is -2.58. The Balaban J connectivity index is 3.01. The average Bonchev–Trinajstić information content (AvgIpc) is 2.75. The van der Waals surface area contributed by atoms with Gasteiger partial charge in [-0.05, 0) is 33.3 Å². The van der Waals surface area contributed by atoms with E-state index < -0.39 is 65.9 Å². The monoisotopic (exact) mass is 472 g/mol. The molecule has 9 nitrogen and oxygen atoms in total. The maximum absolute atomic E-state index is 12.6. The molecule has 0 bridgehead atoms. The predicted octanol–water partition coefficient (Wildman–Crippen LogP) is 2.05. The van der Waals surface area contributed by atoms with Gasteiger partial charge in [-0.1, -0.05) is 39.5 Å². The molecule has 1 aliphatic rings. The number of ether oxygens (including phenoxy) is 3. The molecule has 0 radical (unpaired) electrons. The van der Waals surface area contributed by atoms with Crippen molar-refractivity contribution in [1.82, 2.24) is 0 Å². The quantitative estimate of drug-likeness (QED) is 0.199. The van der Waals surface area contributed by atoms with Gasteiger partial charge in [-0.15, -0.1) is 0 Å². The highest BCUT2D eigenvalue weighted by Gasteiger charge is 2.52. The standard InChI is InChI=1S/C24H40O9/c1-7-8-9-10-11-18(26)12-13-19(27)33-20-14(2)21(28)24(6,30)22(32-17(5)25)15(3)23(29)31-16(20)4/h12-16,18,20-22,26,28,30H,7-11H2,1-6H3. The first-order valence-electron chi connectivity index (χ1n) is 11.7. The second kappa shape index (κ2) is 13.1. The zero-order chi connectivity index (χ0) is 25.3. The topological polar surface area (TPSA) is 140 Å². The van der Waals surface area contributed by atoms with Crippen molar-refractivity contribution in [3.8, 4) is 0 Å². The fourth-order valence-electron chi connectivity index (χ4n) is 4.14. The van der Waals surface area contributed by atoms with Crippen LogP contribution in [0.3, 0.4) is 0 Å². The normalized spacial score (nSPS) is 34.0. The van der Waals surface area contributed by atoms with E-state index in [1.165, 1.54) is 33.8 Å². The summed E-state index contributed by atoms with van der Waals surface area (Å²) < 4.78 is 16.1. The Morgan fingerprint density at radius 3 is 2.39 bits per heavy atom. The Hall–Kier alpha value is -1.97. The summed E-state index contributed by atoms with van der Waals surface area (Å²) in [5.41, 5.74) is -2.03. The number of aliphatic hydroxyl groups is 3. The highest BCUT2D eigenvalue weighted by molar-refractivity contribution is 5.82. The van der Waals surface area contributed by atoms with E-state index in [9.17, 15) is 29.7 Å². The summed E-state index contributed by atoms with van der Waals surface area (Å²) in [5.74, 6) is -4.24. The fourth-order valence-corrected chi connectivity index (χ4v) is 4.14. The molecule has 0 spiro atoms. The molecular formula is C24H40O9. The minimum atomic E-state index is -2.03. The van der Waals surface area contributed by atoms with E-state index >= 15 is 0 Å². The van der Waals surface area contributed by atoms with E-state index in [1.807, 2.05) is 0 Å². The maximum atomic E-state index is 12.6. The zero-order valence-corrected chi connectivity index (χ0v) is 20.5. The van der Waals surface area contributed by atoms with Crippen molar-refractivity contribution in [2.75, 3.05) is 0 Å². The highest BCUT2D eigenvalue weighted by Crippen LogP contribution is 2.34. The van der Waals surface area contributed by atoms with Gasteiger partial charge in [0.1, 0.15) is 23.9 Å². The summed E-state index contributed by atoms with van der Waals surface area (Å²) in [7, 11) is 0. The third kappa shape index (κ3) is 8.39. The van der Waals surface area contributed by atoms with Gasteiger partial charge in [-0.3, -0.25) is 9.59 Å². The summed E-state index contributed by atoms with van der Waals surface area (Å²) in [4.78, 5) is 36.6. The smallest absolute Gasteiger partial charge is 0.330 e. The third-order valence-corrected chi connectivity index (χ3v) is 6.13. The molecule has 3 N–H and O–H groups in total. The summed E-state index contributed by atoms with van der Waals surface area (Å²) in [6, 6.07) is 0. The van der Waals surface area contributed by atoms with E-state index in [2.05, 4.69) is 6.92 Å². The second-order valence-corrected chi connectivity index (χ2v) is 9.17. The van der Waals surface area contributed by atoms with E-state index in [1.54, 1.807) is 0 Å². The molecule has 0 aromatic carbocycles. The number of aliphatic hydroxyl groups excluding tert-OH is 2. The largest absolute Gasteiger partial charge is 0.458 e. The van der Waals surface area contributed by atoms with Gasteiger partial charge in [0.15, 0.2) is 0 Å². The van der Waals surface area contributed by atoms with Crippen molar-refractivity contribution < 1.29 is 43.9 Å². The van der Waals surface area contributed by atoms with Crippen LogP contribution in [-0.4, -0.2) is 69.3 Å². The molecule has 1 heterocycles. The predicted molar refractivity (Wildman–Crippen MR) is 120 cm³/mol. The number of hydrogen-bond donors (Lipinski definition) is 3. The molecule has 1 fully saturated rings. The number of carbonyl (C=O) groups is 3. The number of hydrogen-bond acceptors (Lipinski definition) is 9. The van der Waals surface area contributed by atoms with Crippen LogP contribution in [0.25, 0.3) is 0 Å². The van der Waals surface area contributed by atoms with Crippen molar-refractivity contribution in [3.05, 3.63) is 12.2 Å². The van der Waals surface area contributed by atoms with E-state index in [-0.39, 0.29) is 0 Å². The number of unbranched alkanes of at least 4 members (excludes halogenated alkanes) is 3. The molecule has 1 saturated heterocycles. The van der Waals surface area contributed by atoms with E-state index in [0.29, 0.717) is 6.42 Å². The van der Waals surface area contributed by atoms with Crippen molar-refractivity contribution >= 4 is 17.9 Å². The van der Waals surface area contributed by atoms with Crippen LogP contribution in [-0.2, 0) is 28.6 Å². The van der Waals surface area contributed by atoms with Crippen LogP contribution >= 0.6 is 0 Å². The Kier molecular flexibility index (Phi) is 11.5. The van der Waals surface area contributed by atoms with E-state index in [4.69, 9.17) is 14.2 Å². The minimum Gasteiger partial charge on any atom is -0.458 e. The number of carbonyl (C=O) groups excluding carboxylic acids is 3. The van der Waals surface area contributed by atoms with Crippen LogP contribution < -0.4 is 0 Å². The summed E-state index contributed by atoms with van der Waals surface area (Å²) in [6.07, 6.45) is 1.24. The molecule has 33 heavy (non-hydrogen) atoms. The van der Waals surface area contributed by atoms with Crippen LogP contribution in [0.1, 0.15) is 73.6 Å². The second-order valence-electron chi connectivity index (χ2n) is 9.17. The highest BCUT2D eigenvalue weighted by atomic mass is 16.6. The Morgan fingerprint density at radius 2 is 1.82 bits per heavy atom. The van der Waals surface area contributed by atoms with Crippen LogP contribution in [0.2, 0.25) is 0 Å². The molecule has 1 aliphatic heterocycles. The molecule has 0 aromatic heterocycles. The fraction of sp³-hybridized carbons (Fsp3) is 0.792. The van der Waals surface area contributed by atoms with Gasteiger partial charge in [0.2, 0.25) is 0 Å². The SMILES string of the molecule is CCCCCCC(O)C=CC(=O)OC1C(C)OC(=O)C(C)C(OC(C)=O)C(C)(O)C(O)C1C. The van der Waals surface area contributed by atoms with Gasteiger partial charge in [0.05, 0.1) is 18.1 Å². The Morgan fingerprint density at radius 1 is 1.18 bits per heavy atom. The van der Waals surface area contributed by atoms with E-state index in [0.717, 1.165) is 38.7 Å². The van der Waals surface area contributed by atoms with Gasteiger partial charge in [0, 0.05) is 18.9 Å². The van der Waals surface area contributed by atoms with Gasteiger partial charge in [0.25, 0.3) is 0 Å².